The summed E-state index contributed by atoms with van der Waals surface area (Å²) in [4.78, 5) is 50.8. The summed E-state index contributed by atoms with van der Waals surface area (Å²) in [6.45, 7) is 1.22. The third-order valence-electron chi connectivity index (χ3n) is 2.66. The second kappa shape index (κ2) is 15.9. The van der Waals surface area contributed by atoms with E-state index in [-0.39, 0.29) is 37.6 Å². The Bertz CT molecular complexity index is 510. The normalized spacial score (nSPS) is 12.1. The van der Waals surface area contributed by atoms with Crippen molar-refractivity contribution >= 4 is 29.5 Å². The quantitative estimate of drug-likeness (QED) is 0.212. The number of aliphatic hydroxyl groups excluding tert-OH is 2. The van der Waals surface area contributed by atoms with Crippen molar-refractivity contribution in [2.24, 2.45) is 0 Å². The van der Waals surface area contributed by atoms with E-state index in [1.54, 1.807) is 0 Å². The van der Waals surface area contributed by atoms with Crippen molar-refractivity contribution in [3.05, 3.63) is 12.2 Å². The Hall–Kier alpha value is -2.63. The van der Waals surface area contributed by atoms with Gasteiger partial charge in [0.15, 0.2) is 5.78 Å². The molecule has 0 aromatic carbocycles. The molecule has 0 bridgehead atoms. The number of rotatable bonds is 11. The lowest BCUT2D eigenvalue weighted by atomic mass is 10.1. The molecule has 26 heavy (non-hydrogen) atoms. The zero-order valence-corrected chi connectivity index (χ0v) is 14.1. The molecule has 0 saturated carbocycles. The van der Waals surface area contributed by atoms with Crippen LogP contribution in [-0.2, 0) is 24.0 Å². The fourth-order valence-electron chi connectivity index (χ4n) is 1.30. The maximum absolute atomic E-state index is 10.5. The molecule has 7 N–H and O–H groups in total. The van der Waals surface area contributed by atoms with Gasteiger partial charge in [0.25, 0.3) is 5.78 Å². The van der Waals surface area contributed by atoms with Crippen molar-refractivity contribution in [2.45, 2.75) is 51.2 Å². The Morgan fingerprint density at radius 3 is 1.81 bits per heavy atom. The van der Waals surface area contributed by atoms with E-state index >= 15 is 0 Å². The van der Waals surface area contributed by atoms with Crippen LogP contribution in [0.1, 0.15) is 39.0 Å². The molecule has 0 aromatic heterocycles. The molecule has 0 heterocycles. The van der Waals surface area contributed by atoms with Crippen LogP contribution >= 0.6 is 0 Å². The van der Waals surface area contributed by atoms with Gasteiger partial charge in [-0.05, 0) is 25.8 Å². The summed E-state index contributed by atoms with van der Waals surface area (Å²) in [6, 6.07) is 0. The molecule has 0 aliphatic rings. The highest BCUT2D eigenvalue weighted by Crippen LogP contribution is 2.05. The van der Waals surface area contributed by atoms with Crippen molar-refractivity contribution < 1.29 is 55.0 Å². The fourth-order valence-corrected chi connectivity index (χ4v) is 1.30. The number of hydrogen-bond acceptors (Lipinski definition) is 7. The number of carbonyl (C=O) groups is 5. The Morgan fingerprint density at radius 2 is 1.42 bits per heavy atom. The molecule has 0 spiro atoms. The minimum atomic E-state index is -1.54. The van der Waals surface area contributed by atoms with Crippen LogP contribution in [0.5, 0.6) is 0 Å². The van der Waals surface area contributed by atoms with Gasteiger partial charge in [-0.25, -0.2) is 4.79 Å². The summed E-state index contributed by atoms with van der Waals surface area (Å²) < 4.78 is 0. The average Bonchev–Trinajstić information content (AvgIpc) is 2.49. The van der Waals surface area contributed by atoms with Crippen LogP contribution in [-0.4, -0.2) is 72.7 Å². The van der Waals surface area contributed by atoms with E-state index in [4.69, 9.17) is 25.5 Å². The van der Waals surface area contributed by atoms with Gasteiger partial charge in [-0.1, -0.05) is 6.08 Å². The average molecular weight is 380 g/mol. The van der Waals surface area contributed by atoms with E-state index in [2.05, 4.69) is 0 Å². The summed E-state index contributed by atoms with van der Waals surface area (Å²) in [5, 5.41) is 42.6. The second-order valence-electron chi connectivity index (χ2n) is 4.95. The highest BCUT2D eigenvalue weighted by atomic mass is 16.4. The van der Waals surface area contributed by atoms with Gasteiger partial charge in [-0.2, -0.15) is 0 Å². The molecule has 0 aliphatic carbocycles. The molecule has 11 heteroatoms. The number of ketones is 2. The molecular formula is C15H24O11. The molecule has 0 fully saturated rings. The number of carboxylic acids is 3. The molecule has 0 amide bonds. The fraction of sp³-hybridized carbons (Fsp3) is 0.533. The molecule has 11 nitrogen and oxygen atoms in total. The maximum Gasteiger partial charge on any atom is 0.376 e. The molecular weight excluding hydrogens is 356 g/mol. The number of allylic oxidation sites excluding steroid dienone is 1. The maximum atomic E-state index is 10.5. The third-order valence-corrected chi connectivity index (χ3v) is 2.66. The topological polar surface area (TPSA) is 218 Å². The van der Waals surface area contributed by atoms with E-state index in [0.29, 0.717) is 0 Å². The largest absolute Gasteiger partial charge is 0.481 e. The Kier molecular flexibility index (Phi) is 17.2. The SMILES string of the molecule is CC(=O)C(O)CC(O)CCC(=O)O.O.O=C(O)CC/C=C/C(=O)C(=O)O. The van der Waals surface area contributed by atoms with Gasteiger partial charge < -0.3 is 31.0 Å². The first-order valence-electron chi connectivity index (χ1n) is 7.21. The second-order valence-corrected chi connectivity index (χ2v) is 4.95. The van der Waals surface area contributed by atoms with Crippen molar-refractivity contribution in [3.63, 3.8) is 0 Å². The summed E-state index contributed by atoms with van der Waals surface area (Å²) in [6.07, 6.45) is -0.194. The minimum Gasteiger partial charge on any atom is -0.481 e. The van der Waals surface area contributed by atoms with Crippen LogP contribution in [0.15, 0.2) is 12.2 Å². The van der Waals surface area contributed by atoms with E-state index in [1.807, 2.05) is 0 Å². The van der Waals surface area contributed by atoms with Crippen LogP contribution in [0.2, 0.25) is 0 Å². The Morgan fingerprint density at radius 1 is 0.923 bits per heavy atom. The molecule has 150 valence electrons. The van der Waals surface area contributed by atoms with Crippen LogP contribution in [0.25, 0.3) is 0 Å². The molecule has 0 aliphatic heterocycles. The van der Waals surface area contributed by atoms with E-state index in [0.717, 1.165) is 6.08 Å². The van der Waals surface area contributed by atoms with E-state index in [9.17, 15) is 24.0 Å². The lowest BCUT2D eigenvalue weighted by Crippen LogP contribution is -2.24. The molecule has 0 aromatic rings. The highest BCUT2D eigenvalue weighted by Gasteiger charge is 2.16. The monoisotopic (exact) mass is 380 g/mol. The molecule has 2 atom stereocenters. The first-order chi connectivity index (χ1) is 11.5. The van der Waals surface area contributed by atoms with Crippen molar-refractivity contribution in [2.75, 3.05) is 0 Å². The first-order valence-corrected chi connectivity index (χ1v) is 7.21. The predicted octanol–water partition coefficient (Wildman–Crippen LogP) is -1.21. The van der Waals surface area contributed by atoms with Crippen LogP contribution < -0.4 is 0 Å². The van der Waals surface area contributed by atoms with E-state index in [1.165, 1.54) is 13.0 Å². The van der Waals surface area contributed by atoms with Gasteiger partial charge in [-0.3, -0.25) is 19.2 Å². The predicted molar refractivity (Wildman–Crippen MR) is 86.4 cm³/mol. The molecule has 0 rings (SSSR count). The standard InChI is InChI=1S/C8H14O5.C7H8O5.H2O/c1-5(9)7(11)4-6(10)2-3-8(12)13;8-5(7(11)12)3-1-2-4-6(9)10;/h6-7,10-11H,2-4H2,1H3,(H,12,13);1,3H,2,4H2,(H,9,10)(H,11,12);1H2/b;3-1+;. The van der Waals surface area contributed by atoms with Crippen LogP contribution in [0.3, 0.4) is 0 Å². The Labute approximate surface area is 148 Å². The summed E-state index contributed by atoms with van der Waals surface area (Å²) in [7, 11) is 0. The zero-order chi connectivity index (χ0) is 20.0. The van der Waals surface area contributed by atoms with Crippen molar-refractivity contribution in [3.8, 4) is 0 Å². The van der Waals surface area contributed by atoms with Gasteiger partial charge in [0.2, 0.25) is 0 Å². The van der Waals surface area contributed by atoms with Crippen LogP contribution in [0, 0.1) is 0 Å². The minimum absolute atomic E-state index is 0. The van der Waals surface area contributed by atoms with E-state index < -0.39 is 41.7 Å². The first kappa shape index (κ1) is 28.2. The lowest BCUT2D eigenvalue weighted by Gasteiger charge is -2.11. The van der Waals surface area contributed by atoms with Gasteiger partial charge in [0, 0.05) is 19.3 Å². The highest BCUT2D eigenvalue weighted by molar-refractivity contribution is 6.37. The van der Waals surface area contributed by atoms with Gasteiger partial charge in [0.1, 0.15) is 6.10 Å². The number of aliphatic hydroxyl groups is 2. The summed E-state index contributed by atoms with van der Waals surface area (Å²) in [5.41, 5.74) is 0. The van der Waals surface area contributed by atoms with Gasteiger partial charge >= 0.3 is 17.9 Å². The zero-order valence-electron chi connectivity index (χ0n) is 14.1. The van der Waals surface area contributed by atoms with Gasteiger partial charge in [-0.15, -0.1) is 0 Å². The van der Waals surface area contributed by atoms with Gasteiger partial charge in [0.05, 0.1) is 6.10 Å². The number of carbonyl (C=O) groups excluding carboxylic acids is 2. The molecule has 0 radical (unpaired) electrons. The molecule has 0 saturated heterocycles. The van der Waals surface area contributed by atoms with Crippen molar-refractivity contribution in [1.29, 1.82) is 0 Å². The number of aliphatic carboxylic acids is 3. The van der Waals surface area contributed by atoms with Crippen LogP contribution in [0.4, 0.5) is 0 Å². The number of hydrogen-bond donors (Lipinski definition) is 5. The Balaban J connectivity index is -0.000000393. The number of Topliss-reactive ketones (excluding diaryl/α,β-unsaturated/α-hetero) is 1. The summed E-state index contributed by atoms with van der Waals surface area (Å²) >= 11 is 0. The molecule has 2 unspecified atom stereocenters. The summed E-state index contributed by atoms with van der Waals surface area (Å²) in [5.74, 6) is -4.99. The lowest BCUT2D eigenvalue weighted by molar-refractivity contribution is -0.146. The third kappa shape index (κ3) is 19.4. The number of carboxylic acid groups (broad SMARTS) is 3. The smallest absolute Gasteiger partial charge is 0.376 e. The van der Waals surface area contributed by atoms with Crippen molar-refractivity contribution in [1.82, 2.24) is 0 Å².